The molecule has 0 aromatic heterocycles. The highest BCUT2D eigenvalue weighted by Gasteiger charge is 2.17. The smallest absolute Gasteiger partial charge is 0.338 e. The van der Waals surface area contributed by atoms with Gasteiger partial charge in [0, 0.05) is 5.56 Å². The van der Waals surface area contributed by atoms with Crippen LogP contribution in [-0.2, 0) is 11.3 Å². The highest BCUT2D eigenvalue weighted by atomic mass is 79.9. The number of carbonyl (C=O) groups excluding carboxylic acids is 1. The van der Waals surface area contributed by atoms with Crippen molar-refractivity contribution >= 4 is 21.9 Å². The van der Waals surface area contributed by atoms with Gasteiger partial charge in [0.2, 0.25) is 0 Å². The Morgan fingerprint density at radius 3 is 2.72 bits per heavy atom. The van der Waals surface area contributed by atoms with Crippen molar-refractivity contribution in [3.8, 4) is 11.5 Å². The van der Waals surface area contributed by atoms with Crippen LogP contribution in [-0.4, -0.2) is 19.2 Å². The number of rotatable bonds is 8. The lowest BCUT2D eigenvalue weighted by atomic mass is 10.2. The average Bonchev–Trinajstić information content (AvgIpc) is 2.60. The first-order chi connectivity index (χ1) is 12.1. The van der Waals surface area contributed by atoms with E-state index in [9.17, 15) is 9.18 Å². The zero-order valence-corrected chi connectivity index (χ0v) is 15.3. The first kappa shape index (κ1) is 19.0. The van der Waals surface area contributed by atoms with Gasteiger partial charge < -0.3 is 14.2 Å². The number of benzene rings is 2. The topological polar surface area (TPSA) is 44.8 Å². The Morgan fingerprint density at radius 2 is 2.04 bits per heavy atom. The van der Waals surface area contributed by atoms with E-state index < -0.39 is 5.97 Å². The van der Waals surface area contributed by atoms with E-state index in [1.165, 1.54) is 18.2 Å². The van der Waals surface area contributed by atoms with Crippen LogP contribution in [0.5, 0.6) is 11.5 Å². The zero-order valence-electron chi connectivity index (χ0n) is 13.8. The molecule has 0 aliphatic carbocycles. The molecule has 0 N–H and O–H groups in total. The number of esters is 1. The first-order valence-corrected chi connectivity index (χ1v) is 8.46. The second-order valence-corrected chi connectivity index (χ2v) is 5.84. The molecule has 0 heterocycles. The molecule has 0 fully saturated rings. The third-order valence-corrected chi connectivity index (χ3v) is 3.80. The molecule has 2 rings (SSSR count). The molecule has 0 aliphatic rings. The van der Waals surface area contributed by atoms with Crippen molar-refractivity contribution in [3.63, 3.8) is 0 Å². The Kier molecular flexibility index (Phi) is 7.01. The molecule has 0 spiro atoms. The van der Waals surface area contributed by atoms with Crippen molar-refractivity contribution in [1.82, 2.24) is 0 Å². The van der Waals surface area contributed by atoms with Crippen molar-refractivity contribution in [2.24, 2.45) is 0 Å². The highest BCUT2D eigenvalue weighted by Crippen LogP contribution is 2.37. The summed E-state index contributed by atoms with van der Waals surface area (Å²) in [4.78, 5) is 12.0. The molecule has 0 aliphatic heterocycles. The summed E-state index contributed by atoms with van der Waals surface area (Å²) in [7, 11) is 0. The maximum atomic E-state index is 13.7. The Morgan fingerprint density at radius 1 is 1.28 bits per heavy atom. The van der Waals surface area contributed by atoms with Crippen molar-refractivity contribution < 1.29 is 23.4 Å². The van der Waals surface area contributed by atoms with Crippen molar-refractivity contribution in [3.05, 3.63) is 70.5 Å². The van der Waals surface area contributed by atoms with Crippen molar-refractivity contribution in [2.45, 2.75) is 13.5 Å². The van der Waals surface area contributed by atoms with Crippen molar-refractivity contribution in [2.75, 3.05) is 13.2 Å². The molecule has 0 atom stereocenters. The lowest BCUT2D eigenvalue weighted by molar-refractivity contribution is 0.0549. The highest BCUT2D eigenvalue weighted by molar-refractivity contribution is 9.10. The van der Waals surface area contributed by atoms with E-state index in [4.69, 9.17) is 14.2 Å². The molecule has 6 heteroatoms. The fourth-order valence-corrected chi connectivity index (χ4v) is 2.63. The van der Waals surface area contributed by atoms with Gasteiger partial charge in [0.05, 0.1) is 16.6 Å². The van der Waals surface area contributed by atoms with Gasteiger partial charge in [-0.3, -0.25) is 0 Å². The third kappa shape index (κ3) is 5.06. The van der Waals surface area contributed by atoms with E-state index in [0.717, 1.165) is 0 Å². The van der Waals surface area contributed by atoms with E-state index in [1.54, 1.807) is 24.3 Å². The number of carbonyl (C=O) groups is 1. The maximum Gasteiger partial charge on any atom is 0.338 e. The number of halogens is 2. The van der Waals surface area contributed by atoms with Crippen LogP contribution in [0.15, 0.2) is 53.5 Å². The van der Waals surface area contributed by atoms with E-state index in [-0.39, 0.29) is 19.0 Å². The molecule has 132 valence electrons. The fraction of sp³-hybridized carbons (Fsp3) is 0.211. The number of hydrogen-bond donors (Lipinski definition) is 0. The molecule has 2 aromatic rings. The standard InChI is InChI=1S/C19H18BrFO4/c1-3-9-24-19(22)14-10-15(20)18(17(11-14)23-4-2)25-12-13-7-5-6-8-16(13)21/h3,5-8,10-11H,1,4,9,12H2,2H3. The summed E-state index contributed by atoms with van der Waals surface area (Å²) >= 11 is 3.37. The predicted molar refractivity (Wildman–Crippen MR) is 96.5 cm³/mol. The van der Waals surface area contributed by atoms with Gasteiger partial charge in [0.15, 0.2) is 11.5 Å². The molecule has 0 radical (unpaired) electrons. The van der Waals surface area contributed by atoms with E-state index in [0.29, 0.717) is 33.7 Å². The molecule has 2 aromatic carbocycles. The Hall–Kier alpha value is -2.34. The molecule has 0 saturated heterocycles. The summed E-state index contributed by atoms with van der Waals surface area (Å²) in [5.41, 5.74) is 0.738. The Balaban J connectivity index is 2.26. The van der Waals surface area contributed by atoms with E-state index >= 15 is 0 Å². The summed E-state index contributed by atoms with van der Waals surface area (Å²) in [6, 6.07) is 9.48. The quantitative estimate of drug-likeness (QED) is 0.459. The minimum atomic E-state index is -0.498. The predicted octanol–water partition coefficient (Wildman–Crippen LogP) is 4.91. The maximum absolute atomic E-state index is 13.7. The number of ether oxygens (including phenoxy) is 3. The van der Waals surface area contributed by atoms with Crippen LogP contribution in [0.25, 0.3) is 0 Å². The second-order valence-electron chi connectivity index (χ2n) is 4.99. The summed E-state index contributed by atoms with van der Waals surface area (Å²) < 4.78 is 30.6. The van der Waals surface area contributed by atoms with Gasteiger partial charge in [-0.1, -0.05) is 30.9 Å². The molecular weight excluding hydrogens is 391 g/mol. The molecule has 25 heavy (non-hydrogen) atoms. The summed E-state index contributed by atoms with van der Waals surface area (Å²) in [5.74, 6) is -0.0763. The van der Waals surface area contributed by atoms with Crippen LogP contribution in [0.2, 0.25) is 0 Å². The lowest BCUT2D eigenvalue weighted by Crippen LogP contribution is -2.07. The molecule has 4 nitrogen and oxygen atoms in total. The monoisotopic (exact) mass is 408 g/mol. The molecule has 0 unspecified atom stereocenters. The fourth-order valence-electron chi connectivity index (χ4n) is 2.07. The van der Waals surface area contributed by atoms with Gasteiger partial charge in [0.1, 0.15) is 19.0 Å². The van der Waals surface area contributed by atoms with E-state index in [1.807, 2.05) is 6.92 Å². The minimum Gasteiger partial charge on any atom is -0.490 e. The van der Waals surface area contributed by atoms with Crippen LogP contribution in [0.3, 0.4) is 0 Å². The summed E-state index contributed by atoms with van der Waals surface area (Å²) in [5, 5.41) is 0. The summed E-state index contributed by atoms with van der Waals surface area (Å²) in [6.45, 7) is 5.85. The van der Waals surface area contributed by atoms with Gasteiger partial charge in [0.25, 0.3) is 0 Å². The number of hydrogen-bond acceptors (Lipinski definition) is 4. The Bertz CT molecular complexity index is 761. The summed E-state index contributed by atoms with van der Waals surface area (Å²) in [6.07, 6.45) is 1.49. The lowest BCUT2D eigenvalue weighted by Gasteiger charge is -2.15. The minimum absolute atomic E-state index is 0.0333. The van der Waals surface area contributed by atoms with Crippen molar-refractivity contribution in [1.29, 1.82) is 0 Å². The van der Waals surface area contributed by atoms with Crippen LogP contribution in [0.4, 0.5) is 4.39 Å². The molecular formula is C19H18BrFO4. The SMILES string of the molecule is C=CCOC(=O)c1cc(Br)c(OCc2ccccc2F)c(OCC)c1. The largest absolute Gasteiger partial charge is 0.490 e. The van der Waals surface area contributed by atoms with Gasteiger partial charge in [-0.2, -0.15) is 0 Å². The average molecular weight is 409 g/mol. The zero-order chi connectivity index (χ0) is 18.2. The normalized spacial score (nSPS) is 10.2. The van der Waals surface area contributed by atoms with Gasteiger partial charge in [-0.05, 0) is 41.1 Å². The third-order valence-electron chi connectivity index (χ3n) is 3.21. The first-order valence-electron chi connectivity index (χ1n) is 7.67. The second kappa shape index (κ2) is 9.22. The molecule has 0 bridgehead atoms. The Labute approximate surface area is 154 Å². The van der Waals surface area contributed by atoms with Crippen LogP contribution >= 0.6 is 15.9 Å². The molecule has 0 amide bonds. The van der Waals surface area contributed by atoms with Crippen LogP contribution in [0, 0.1) is 5.82 Å². The van der Waals surface area contributed by atoms with Crippen LogP contribution < -0.4 is 9.47 Å². The van der Waals surface area contributed by atoms with Crippen LogP contribution in [0.1, 0.15) is 22.8 Å². The van der Waals surface area contributed by atoms with Gasteiger partial charge in [-0.15, -0.1) is 0 Å². The van der Waals surface area contributed by atoms with Gasteiger partial charge >= 0.3 is 5.97 Å². The molecule has 0 saturated carbocycles. The van der Waals surface area contributed by atoms with E-state index in [2.05, 4.69) is 22.5 Å². The van der Waals surface area contributed by atoms with Gasteiger partial charge in [-0.25, -0.2) is 9.18 Å².